The summed E-state index contributed by atoms with van der Waals surface area (Å²) in [4.78, 5) is 23.7. The third-order valence-corrected chi connectivity index (χ3v) is 9.91. The molecule has 3 aromatic rings. The van der Waals surface area contributed by atoms with E-state index in [0.717, 1.165) is 24.8 Å². The minimum absolute atomic E-state index is 0.104. The van der Waals surface area contributed by atoms with E-state index in [9.17, 15) is 19.8 Å². The van der Waals surface area contributed by atoms with E-state index >= 15 is 0 Å². The zero-order valence-electron chi connectivity index (χ0n) is 25.9. The summed E-state index contributed by atoms with van der Waals surface area (Å²) in [7, 11) is 2.91. The number of allylic oxidation sites excluding steroid dienone is 1. The molecule has 0 radical (unpaired) electrons. The van der Waals surface area contributed by atoms with E-state index in [-0.39, 0.29) is 40.3 Å². The summed E-state index contributed by atoms with van der Waals surface area (Å²) in [5.41, 5.74) is 3.96. The minimum Gasteiger partial charge on any atom is -0.508 e. The molecule has 0 spiro atoms. The first kappa shape index (κ1) is 31.2. The molecule has 2 N–H and O–H groups in total. The third-order valence-electron chi connectivity index (χ3n) is 9.91. The summed E-state index contributed by atoms with van der Waals surface area (Å²) in [6, 6.07) is 18.3. The minimum atomic E-state index is -0.337. The molecule has 2 fully saturated rings. The van der Waals surface area contributed by atoms with Crippen LogP contribution in [0.4, 0.5) is 0 Å². The number of fused-ring (bicyclic) bond motifs is 5. The maximum absolute atomic E-state index is 12.3. The van der Waals surface area contributed by atoms with E-state index in [0.29, 0.717) is 29.3 Å². The van der Waals surface area contributed by atoms with Gasteiger partial charge in [-0.15, -0.1) is 0 Å². The van der Waals surface area contributed by atoms with Crippen molar-refractivity contribution in [2.75, 3.05) is 14.2 Å². The molecule has 0 bridgehead atoms. The van der Waals surface area contributed by atoms with E-state index in [1.165, 1.54) is 63.7 Å². The van der Waals surface area contributed by atoms with Crippen LogP contribution in [0.15, 0.2) is 66.7 Å². The van der Waals surface area contributed by atoms with Crippen molar-refractivity contribution in [3.8, 4) is 23.0 Å². The van der Waals surface area contributed by atoms with Crippen LogP contribution in [0.5, 0.6) is 23.0 Å². The van der Waals surface area contributed by atoms with E-state index in [1.807, 2.05) is 42.5 Å². The fourth-order valence-corrected chi connectivity index (χ4v) is 7.84. The van der Waals surface area contributed by atoms with Crippen molar-refractivity contribution in [2.45, 2.75) is 64.4 Å². The molecule has 5 atom stereocenters. The smallest absolute Gasteiger partial charge is 0.302 e. The highest BCUT2D eigenvalue weighted by Gasteiger charge is 2.56. The number of carbonyl (C=O) groups excluding carboxylic acids is 2. The number of rotatable bonds is 6. The summed E-state index contributed by atoms with van der Waals surface area (Å²) in [5.74, 6) is 2.42. The molecule has 3 aliphatic carbocycles. The number of hydrogen-bond acceptors (Lipinski definition) is 7. The van der Waals surface area contributed by atoms with Crippen LogP contribution in [-0.2, 0) is 16.0 Å². The summed E-state index contributed by atoms with van der Waals surface area (Å²) in [6.45, 7) is 3.88. The number of aryl methyl sites for hydroxylation is 1. The SMILES string of the molecule is CC(=O)OC1CCC2C3CCc4cc(O)ccc4C3CCC12C.COc1cc(O)c(C(=O)C=Cc2ccccc2)c(OC)c1. The third kappa shape index (κ3) is 6.33. The van der Waals surface area contributed by atoms with Gasteiger partial charge in [0.15, 0.2) is 5.78 Å². The van der Waals surface area contributed by atoms with Gasteiger partial charge in [0, 0.05) is 24.5 Å². The highest BCUT2D eigenvalue weighted by atomic mass is 16.5. The van der Waals surface area contributed by atoms with Gasteiger partial charge in [-0.2, -0.15) is 0 Å². The van der Waals surface area contributed by atoms with Gasteiger partial charge in [0.2, 0.25) is 0 Å². The summed E-state index contributed by atoms with van der Waals surface area (Å²) >= 11 is 0. The van der Waals surface area contributed by atoms with Gasteiger partial charge in [-0.25, -0.2) is 0 Å². The van der Waals surface area contributed by atoms with Gasteiger partial charge in [0.1, 0.15) is 34.7 Å². The summed E-state index contributed by atoms with van der Waals surface area (Å²) in [5, 5.41) is 19.7. The van der Waals surface area contributed by atoms with Crippen LogP contribution in [0.25, 0.3) is 6.08 Å². The first-order chi connectivity index (χ1) is 21.1. The standard InChI is InChI=1S/C20H26O3.C17H16O4/c1-12(21)23-19-8-7-18-17-5-3-13-11-14(22)4-6-15(13)16(17)9-10-20(18,19)2;1-20-13-10-15(19)17(16(11-13)21-2)14(18)9-8-12-6-4-3-5-7-12/h4,6,11,16-19,22H,3,5,7-10H2,1-2H3;3-11,19H,1-2H3. The Bertz CT molecular complexity index is 1530. The molecule has 232 valence electrons. The van der Waals surface area contributed by atoms with Gasteiger partial charge in [-0.1, -0.05) is 49.4 Å². The van der Waals surface area contributed by atoms with Gasteiger partial charge in [-0.3, -0.25) is 9.59 Å². The van der Waals surface area contributed by atoms with Crippen LogP contribution in [-0.4, -0.2) is 42.3 Å². The number of esters is 1. The quantitative estimate of drug-likeness (QED) is 0.172. The number of benzene rings is 3. The lowest BCUT2D eigenvalue weighted by atomic mass is 9.55. The largest absolute Gasteiger partial charge is 0.508 e. The van der Waals surface area contributed by atoms with Crippen molar-refractivity contribution in [1.29, 1.82) is 0 Å². The van der Waals surface area contributed by atoms with Crippen molar-refractivity contribution in [2.24, 2.45) is 17.3 Å². The van der Waals surface area contributed by atoms with Gasteiger partial charge in [0.05, 0.1) is 14.2 Å². The van der Waals surface area contributed by atoms with E-state index in [4.69, 9.17) is 14.2 Å². The lowest BCUT2D eigenvalue weighted by molar-refractivity contribution is -0.154. The lowest BCUT2D eigenvalue weighted by Crippen LogP contribution is -2.45. The molecule has 0 amide bonds. The molecular weight excluding hydrogens is 556 g/mol. The van der Waals surface area contributed by atoms with Crippen LogP contribution in [0, 0.1) is 17.3 Å². The average Bonchev–Trinajstić information content (AvgIpc) is 3.35. The molecule has 0 aliphatic heterocycles. The van der Waals surface area contributed by atoms with Crippen molar-refractivity contribution in [3.63, 3.8) is 0 Å². The molecular formula is C37H42O7. The first-order valence-corrected chi connectivity index (χ1v) is 15.4. The zero-order chi connectivity index (χ0) is 31.4. The molecule has 7 heteroatoms. The Labute approximate surface area is 259 Å². The number of aromatic hydroxyl groups is 2. The number of phenolic OH excluding ortho intramolecular Hbond substituents is 2. The Morgan fingerprint density at radius 3 is 2.41 bits per heavy atom. The number of carbonyl (C=O) groups is 2. The van der Waals surface area contributed by atoms with Crippen LogP contribution >= 0.6 is 0 Å². The predicted molar refractivity (Wildman–Crippen MR) is 169 cm³/mol. The molecule has 7 nitrogen and oxygen atoms in total. The van der Waals surface area contributed by atoms with Gasteiger partial charge >= 0.3 is 5.97 Å². The molecule has 6 rings (SSSR count). The Balaban J connectivity index is 0.000000176. The van der Waals surface area contributed by atoms with Crippen LogP contribution in [0.3, 0.4) is 0 Å². The number of phenols is 2. The molecule has 0 aromatic heterocycles. The van der Waals surface area contributed by atoms with Crippen LogP contribution in [0.1, 0.15) is 78.9 Å². The fourth-order valence-electron chi connectivity index (χ4n) is 7.84. The van der Waals surface area contributed by atoms with E-state index in [1.54, 1.807) is 12.1 Å². The number of methoxy groups -OCH3 is 2. The van der Waals surface area contributed by atoms with Gasteiger partial charge < -0.3 is 24.4 Å². The second-order valence-corrected chi connectivity index (χ2v) is 12.4. The Morgan fingerprint density at radius 2 is 1.70 bits per heavy atom. The topological polar surface area (TPSA) is 102 Å². The van der Waals surface area contributed by atoms with Gasteiger partial charge in [0.25, 0.3) is 0 Å². The molecule has 44 heavy (non-hydrogen) atoms. The van der Waals surface area contributed by atoms with Crippen molar-refractivity contribution in [1.82, 2.24) is 0 Å². The Hall–Kier alpha value is -4.26. The first-order valence-electron chi connectivity index (χ1n) is 15.4. The second kappa shape index (κ2) is 13.2. The molecule has 3 aliphatic rings. The highest BCUT2D eigenvalue weighted by Crippen LogP contribution is 2.61. The number of hydrogen-bond donors (Lipinski definition) is 2. The summed E-state index contributed by atoms with van der Waals surface area (Å²) in [6.07, 6.45) is 9.97. The van der Waals surface area contributed by atoms with Crippen molar-refractivity contribution >= 4 is 17.8 Å². The molecule has 3 aromatic carbocycles. The number of ether oxygens (including phenoxy) is 3. The van der Waals surface area contributed by atoms with E-state index < -0.39 is 0 Å². The van der Waals surface area contributed by atoms with E-state index in [2.05, 4.69) is 13.0 Å². The summed E-state index contributed by atoms with van der Waals surface area (Å²) < 4.78 is 15.9. The monoisotopic (exact) mass is 598 g/mol. The zero-order valence-corrected chi connectivity index (χ0v) is 25.9. The maximum atomic E-state index is 12.3. The van der Waals surface area contributed by atoms with Crippen molar-refractivity contribution in [3.05, 3.63) is 89.0 Å². The molecule has 0 heterocycles. The highest BCUT2D eigenvalue weighted by molar-refractivity contribution is 6.10. The van der Waals surface area contributed by atoms with Crippen molar-refractivity contribution < 1.29 is 34.0 Å². The fraction of sp³-hybridized carbons (Fsp3) is 0.405. The predicted octanol–water partition coefficient (Wildman–Crippen LogP) is 7.49. The van der Waals surface area contributed by atoms with Crippen LogP contribution in [0.2, 0.25) is 0 Å². The molecule has 0 saturated heterocycles. The maximum Gasteiger partial charge on any atom is 0.302 e. The lowest BCUT2D eigenvalue weighted by Gasteiger charge is -2.50. The normalized spacial score (nSPS) is 25.1. The molecule has 5 unspecified atom stereocenters. The Kier molecular flexibility index (Phi) is 9.33. The second-order valence-electron chi connectivity index (χ2n) is 12.4. The molecule has 2 saturated carbocycles. The number of ketones is 1. The van der Waals surface area contributed by atoms with Crippen LogP contribution < -0.4 is 9.47 Å². The van der Waals surface area contributed by atoms with Gasteiger partial charge in [-0.05, 0) is 91.2 Å². The Morgan fingerprint density at radius 1 is 0.932 bits per heavy atom. The average molecular weight is 599 g/mol.